The molecule has 2 aliphatic rings. The van der Waals surface area contributed by atoms with Crippen molar-refractivity contribution in [2.75, 3.05) is 0 Å². The number of nitrogens with zero attached hydrogens (tertiary/aromatic N) is 4. The summed E-state index contributed by atoms with van der Waals surface area (Å²) < 4.78 is 9.45. The van der Waals surface area contributed by atoms with Crippen LogP contribution in [-0.4, -0.2) is 19.5 Å². The van der Waals surface area contributed by atoms with Gasteiger partial charge in [-0.15, -0.1) is 0 Å². The molecule has 6 aromatic carbocycles. The average Bonchev–Trinajstić information content (AvgIpc) is 3.84. The van der Waals surface area contributed by atoms with Crippen LogP contribution < -0.4 is 0 Å². The predicted octanol–water partition coefficient (Wildman–Crippen LogP) is 12.2. The molecule has 9 aromatic rings. The summed E-state index contributed by atoms with van der Waals surface area (Å²) >= 11 is 0. The van der Waals surface area contributed by atoms with Gasteiger partial charge >= 0.3 is 0 Å². The molecule has 0 aliphatic heterocycles. The van der Waals surface area contributed by atoms with Crippen LogP contribution in [0, 0.1) is 0 Å². The van der Waals surface area contributed by atoms with Crippen molar-refractivity contribution in [2.45, 2.75) is 32.1 Å². The fraction of sp³-hybridized carbons (Fsp3) is 0.104. The number of aromatic nitrogens is 4. The zero-order chi connectivity index (χ0) is 35.3. The minimum Gasteiger partial charge on any atom is -0.454 e. The molecule has 3 heterocycles. The van der Waals surface area contributed by atoms with E-state index in [-0.39, 0.29) is 5.41 Å². The maximum absolute atomic E-state index is 7.00. The second-order valence-electron chi connectivity index (χ2n) is 14.7. The number of furan rings is 1. The van der Waals surface area contributed by atoms with E-state index in [1.54, 1.807) is 0 Å². The summed E-state index contributed by atoms with van der Waals surface area (Å²) in [5.41, 5.74) is 13.0. The van der Waals surface area contributed by atoms with E-state index in [4.69, 9.17) is 19.4 Å². The smallest absolute Gasteiger partial charge is 0.164 e. The predicted molar refractivity (Wildman–Crippen MR) is 216 cm³/mol. The van der Waals surface area contributed by atoms with Crippen LogP contribution in [0.2, 0.25) is 0 Å². The molecule has 2 aliphatic carbocycles. The van der Waals surface area contributed by atoms with Crippen LogP contribution in [0.15, 0.2) is 150 Å². The summed E-state index contributed by atoms with van der Waals surface area (Å²) in [4.78, 5) is 15.6. The number of benzene rings is 6. The summed E-state index contributed by atoms with van der Waals surface area (Å²) in [6.45, 7) is 4.72. The second kappa shape index (κ2) is 11.2. The van der Waals surface area contributed by atoms with E-state index in [0.717, 1.165) is 68.1 Å². The third-order valence-corrected chi connectivity index (χ3v) is 11.3. The Morgan fingerprint density at radius 2 is 1.36 bits per heavy atom. The van der Waals surface area contributed by atoms with Crippen molar-refractivity contribution in [3.63, 3.8) is 0 Å². The molecular weight excluding hydrogens is 649 g/mol. The molecule has 3 aromatic heterocycles. The Bertz CT molecular complexity index is 3020. The van der Waals surface area contributed by atoms with E-state index in [1.165, 1.54) is 33.2 Å². The van der Waals surface area contributed by atoms with E-state index in [2.05, 4.69) is 140 Å². The average molecular weight is 683 g/mol. The van der Waals surface area contributed by atoms with Gasteiger partial charge in [0.05, 0.1) is 11.0 Å². The second-order valence-corrected chi connectivity index (χ2v) is 14.7. The maximum atomic E-state index is 7.00. The van der Waals surface area contributed by atoms with Crippen LogP contribution in [0.25, 0.3) is 88.9 Å². The van der Waals surface area contributed by atoms with Gasteiger partial charge in [-0.25, -0.2) is 15.0 Å². The molecule has 0 radical (unpaired) electrons. The number of allylic oxidation sites excluding steroid dienone is 4. The standard InChI is InChI=1S/C48H34N4O/c1-48(2)38-24-14-12-22-32(38)33-26-27-34-36-28-37(47-50-45(29-16-6-3-7-17-29)49-46(51-47)30-18-8-4-9-19-30)40-35-23-13-15-25-39(35)53-44(40)43(36)52(42(34)41(33)48)31-20-10-5-11-21-31/h3-8,10-18,20-28H,9,19H2,1-2H3. The van der Waals surface area contributed by atoms with Crippen molar-refractivity contribution in [3.05, 3.63) is 163 Å². The van der Waals surface area contributed by atoms with Crippen molar-refractivity contribution in [2.24, 2.45) is 0 Å². The van der Waals surface area contributed by atoms with E-state index >= 15 is 0 Å². The van der Waals surface area contributed by atoms with Crippen molar-refractivity contribution < 1.29 is 4.42 Å². The number of hydrogen-bond acceptors (Lipinski definition) is 4. The van der Waals surface area contributed by atoms with Crippen molar-refractivity contribution >= 4 is 49.3 Å². The normalized spacial score (nSPS) is 14.6. The van der Waals surface area contributed by atoms with Crippen LogP contribution in [0.1, 0.15) is 43.6 Å². The first-order valence-electron chi connectivity index (χ1n) is 18.4. The summed E-state index contributed by atoms with van der Waals surface area (Å²) in [5, 5.41) is 4.30. The molecule has 0 spiro atoms. The summed E-state index contributed by atoms with van der Waals surface area (Å²) in [7, 11) is 0. The Morgan fingerprint density at radius 3 is 2.19 bits per heavy atom. The minimum absolute atomic E-state index is 0.224. The Kier molecular flexibility index (Phi) is 6.36. The van der Waals surface area contributed by atoms with Crippen LogP contribution >= 0.6 is 0 Å². The van der Waals surface area contributed by atoms with Gasteiger partial charge in [-0.1, -0.05) is 135 Å². The lowest BCUT2D eigenvalue weighted by Gasteiger charge is -2.23. The number of fused-ring (bicyclic) bond motifs is 11. The van der Waals surface area contributed by atoms with Gasteiger partial charge in [0.15, 0.2) is 23.1 Å². The van der Waals surface area contributed by atoms with Gasteiger partial charge in [0.2, 0.25) is 0 Å². The van der Waals surface area contributed by atoms with Gasteiger partial charge < -0.3 is 8.98 Å². The van der Waals surface area contributed by atoms with Crippen LogP contribution in [0.4, 0.5) is 0 Å². The highest BCUT2D eigenvalue weighted by Crippen LogP contribution is 2.54. The van der Waals surface area contributed by atoms with Crippen LogP contribution in [0.5, 0.6) is 0 Å². The van der Waals surface area contributed by atoms with Gasteiger partial charge in [-0.2, -0.15) is 0 Å². The van der Waals surface area contributed by atoms with Crippen molar-refractivity contribution in [1.82, 2.24) is 19.5 Å². The Balaban J connectivity index is 1.32. The molecule has 0 atom stereocenters. The highest BCUT2D eigenvalue weighted by atomic mass is 16.3. The fourth-order valence-electron chi connectivity index (χ4n) is 8.88. The lowest BCUT2D eigenvalue weighted by molar-refractivity contribution is 0.663. The van der Waals surface area contributed by atoms with E-state index < -0.39 is 0 Å². The molecular formula is C48H34N4O. The first-order chi connectivity index (χ1) is 26.1. The maximum Gasteiger partial charge on any atom is 0.164 e. The highest BCUT2D eigenvalue weighted by Gasteiger charge is 2.39. The Hall–Kier alpha value is -6.59. The van der Waals surface area contributed by atoms with E-state index in [0.29, 0.717) is 17.5 Å². The van der Waals surface area contributed by atoms with Crippen molar-refractivity contribution in [1.29, 1.82) is 0 Å². The number of para-hydroxylation sites is 2. The molecule has 0 saturated heterocycles. The molecule has 0 unspecified atom stereocenters. The topological polar surface area (TPSA) is 56.7 Å². The molecule has 0 saturated carbocycles. The summed E-state index contributed by atoms with van der Waals surface area (Å²) in [6, 6.07) is 45.1. The molecule has 5 nitrogen and oxygen atoms in total. The highest BCUT2D eigenvalue weighted by molar-refractivity contribution is 6.26. The minimum atomic E-state index is -0.224. The van der Waals surface area contributed by atoms with Crippen LogP contribution in [-0.2, 0) is 5.41 Å². The fourth-order valence-corrected chi connectivity index (χ4v) is 8.88. The van der Waals surface area contributed by atoms with Gasteiger partial charge in [-0.05, 0) is 64.9 Å². The summed E-state index contributed by atoms with van der Waals surface area (Å²) in [5.74, 6) is 2.01. The summed E-state index contributed by atoms with van der Waals surface area (Å²) in [6.07, 6.45) is 8.27. The Morgan fingerprint density at radius 1 is 0.623 bits per heavy atom. The molecule has 5 heteroatoms. The molecule has 0 N–H and O–H groups in total. The van der Waals surface area contributed by atoms with Crippen LogP contribution in [0.3, 0.4) is 0 Å². The molecule has 0 amide bonds. The SMILES string of the molecule is CC1(C)c2ccccc2-c2ccc3c4cc(-c5nc(C6=CC=CCC6)nc(-c6ccccc6)n5)c5c6ccccc6oc5c4n(-c4ccccc4)c3c21. The molecule has 11 rings (SSSR count). The third-order valence-electron chi connectivity index (χ3n) is 11.3. The molecule has 0 fully saturated rings. The first kappa shape index (κ1) is 30.1. The molecule has 0 bridgehead atoms. The van der Waals surface area contributed by atoms with Gasteiger partial charge in [0.1, 0.15) is 5.58 Å². The van der Waals surface area contributed by atoms with Gasteiger partial charge in [0.25, 0.3) is 0 Å². The zero-order valence-corrected chi connectivity index (χ0v) is 29.5. The monoisotopic (exact) mass is 682 g/mol. The third kappa shape index (κ3) is 4.34. The lowest BCUT2D eigenvalue weighted by atomic mass is 9.81. The van der Waals surface area contributed by atoms with Gasteiger partial charge in [-0.3, -0.25) is 0 Å². The van der Waals surface area contributed by atoms with E-state index in [1.807, 2.05) is 24.3 Å². The number of hydrogen-bond donors (Lipinski definition) is 0. The van der Waals surface area contributed by atoms with E-state index in [9.17, 15) is 0 Å². The van der Waals surface area contributed by atoms with Gasteiger partial charge in [0, 0.05) is 43.8 Å². The quantitative estimate of drug-likeness (QED) is 0.185. The molecule has 53 heavy (non-hydrogen) atoms. The number of rotatable bonds is 4. The Labute approximate surface area is 306 Å². The van der Waals surface area contributed by atoms with Crippen molar-refractivity contribution in [3.8, 4) is 39.6 Å². The molecule has 252 valence electrons. The first-order valence-corrected chi connectivity index (χ1v) is 18.4. The lowest BCUT2D eigenvalue weighted by Crippen LogP contribution is -2.16. The zero-order valence-electron chi connectivity index (χ0n) is 29.5. The largest absolute Gasteiger partial charge is 0.454 e.